The van der Waals surface area contributed by atoms with Gasteiger partial charge in [0.25, 0.3) is 0 Å². The van der Waals surface area contributed by atoms with Crippen molar-refractivity contribution in [1.29, 1.82) is 0 Å². The van der Waals surface area contributed by atoms with Crippen LogP contribution in [-0.4, -0.2) is 118 Å². The molecule has 0 radical (unpaired) electrons. The lowest BCUT2D eigenvalue weighted by atomic mass is 9.82. The molecule has 4 heterocycles. The summed E-state index contributed by atoms with van der Waals surface area (Å²) < 4.78 is 21.3. The molecule has 4 rings (SSSR count). The number of ether oxygens (including phenoxy) is 4. The van der Waals surface area contributed by atoms with Crippen LogP contribution in [0.1, 0.15) is 41.5 Å². The van der Waals surface area contributed by atoms with E-state index < -0.39 is 23.1 Å². The summed E-state index contributed by atoms with van der Waals surface area (Å²) in [5.41, 5.74) is 10.2. The van der Waals surface area contributed by atoms with E-state index in [9.17, 15) is 9.59 Å². The van der Waals surface area contributed by atoms with Crippen LogP contribution >= 0.6 is 0 Å². The van der Waals surface area contributed by atoms with E-state index >= 15 is 0 Å². The third-order valence-electron chi connectivity index (χ3n) is 5.77. The summed E-state index contributed by atoms with van der Waals surface area (Å²) in [6.45, 7) is 14.6. The summed E-state index contributed by atoms with van der Waals surface area (Å²) >= 11 is 0. The van der Waals surface area contributed by atoms with Crippen LogP contribution in [0.2, 0.25) is 0 Å². The highest BCUT2D eigenvalue weighted by Gasteiger charge is 2.58. The number of hydrogen-bond donors (Lipinski definition) is 4. The molecule has 2 amide bonds. The maximum absolute atomic E-state index is 11.6. The quantitative estimate of drug-likeness (QED) is 0.308. The Morgan fingerprint density at radius 2 is 1.00 bits per heavy atom. The number of nitrogens with zero attached hydrogens (tertiary/aromatic N) is 2. The maximum Gasteiger partial charge on any atom is 0.414 e. The van der Waals surface area contributed by atoms with Gasteiger partial charge in [0.15, 0.2) is 0 Å². The van der Waals surface area contributed by atoms with Gasteiger partial charge in [-0.05, 0) is 41.5 Å². The predicted octanol–water partition coefficient (Wildman–Crippen LogP) is -0.178. The van der Waals surface area contributed by atoms with E-state index in [-0.39, 0.29) is 35.5 Å². The van der Waals surface area contributed by atoms with Crippen LogP contribution in [0.25, 0.3) is 0 Å². The lowest BCUT2D eigenvalue weighted by Gasteiger charge is -2.58. The standard InChI is InChI=1S/2C10H18N2O3.C2H2O4/c2*1-9(2,3)15-8(13)12-5-10(6-12)7(11)4-14-10;3-1(4)2(5)6/h2*7H,4-6,11H2,1-3H3;(H,3,4)(H,5,6). The fraction of sp³-hybridized carbons (Fsp3) is 0.818. The normalized spacial score (nSPS) is 24.8. The first-order valence-corrected chi connectivity index (χ1v) is 11.5. The van der Waals surface area contributed by atoms with Gasteiger partial charge >= 0.3 is 24.1 Å². The van der Waals surface area contributed by atoms with Crippen molar-refractivity contribution in [3.63, 3.8) is 0 Å². The van der Waals surface area contributed by atoms with Crippen molar-refractivity contribution in [1.82, 2.24) is 9.80 Å². The van der Waals surface area contributed by atoms with Gasteiger partial charge in [-0.3, -0.25) is 0 Å². The van der Waals surface area contributed by atoms with E-state index in [0.29, 0.717) is 39.4 Å². The number of hydrogen-bond acceptors (Lipinski definition) is 10. The highest BCUT2D eigenvalue weighted by Crippen LogP contribution is 2.36. The van der Waals surface area contributed by atoms with Crippen LogP contribution in [0.4, 0.5) is 9.59 Å². The van der Waals surface area contributed by atoms with Crippen molar-refractivity contribution in [3.8, 4) is 0 Å². The summed E-state index contributed by atoms with van der Waals surface area (Å²) in [5, 5.41) is 14.8. The van der Waals surface area contributed by atoms with Gasteiger partial charge in [0.2, 0.25) is 0 Å². The predicted molar refractivity (Wildman–Crippen MR) is 124 cm³/mol. The van der Waals surface area contributed by atoms with Gasteiger partial charge in [-0.15, -0.1) is 0 Å². The zero-order valence-corrected chi connectivity index (χ0v) is 21.6. The largest absolute Gasteiger partial charge is 0.473 e. The Morgan fingerprint density at radius 3 is 1.14 bits per heavy atom. The van der Waals surface area contributed by atoms with Crippen LogP contribution in [0.3, 0.4) is 0 Å². The number of likely N-dealkylation sites (tertiary alicyclic amines) is 2. The smallest absolute Gasteiger partial charge is 0.414 e. The summed E-state index contributed by atoms with van der Waals surface area (Å²) in [6.07, 6.45) is -0.563. The molecule has 0 aromatic heterocycles. The van der Waals surface area contributed by atoms with Crippen LogP contribution in [-0.2, 0) is 28.5 Å². The molecule has 0 aromatic carbocycles. The highest BCUT2D eigenvalue weighted by molar-refractivity contribution is 6.27. The van der Waals surface area contributed by atoms with Crippen LogP contribution < -0.4 is 11.5 Å². The summed E-state index contributed by atoms with van der Waals surface area (Å²) in [7, 11) is 0. The molecule has 2 spiro atoms. The minimum absolute atomic E-state index is 0.0659. The Balaban J connectivity index is 0.000000208. The van der Waals surface area contributed by atoms with E-state index in [2.05, 4.69) is 0 Å². The van der Waals surface area contributed by atoms with Crippen LogP contribution in [0, 0.1) is 0 Å². The highest BCUT2D eigenvalue weighted by atomic mass is 16.6. The Labute approximate surface area is 209 Å². The van der Waals surface area contributed by atoms with Crippen molar-refractivity contribution in [2.75, 3.05) is 39.4 Å². The van der Waals surface area contributed by atoms with E-state index in [1.807, 2.05) is 41.5 Å². The minimum Gasteiger partial charge on any atom is -0.473 e. The molecule has 4 aliphatic rings. The van der Waals surface area contributed by atoms with Gasteiger partial charge in [0.05, 0.1) is 51.5 Å². The van der Waals surface area contributed by atoms with Crippen LogP contribution in [0.5, 0.6) is 0 Å². The molecule has 4 aliphatic heterocycles. The first-order chi connectivity index (χ1) is 16.3. The van der Waals surface area contributed by atoms with Gasteiger partial charge < -0.3 is 50.4 Å². The number of aliphatic carboxylic acids is 2. The Bertz CT molecular complexity index is 784. The first-order valence-electron chi connectivity index (χ1n) is 11.5. The molecule has 0 aromatic rings. The second-order valence-corrected chi connectivity index (χ2v) is 11.2. The molecule has 36 heavy (non-hydrogen) atoms. The molecule has 14 heteroatoms. The Morgan fingerprint density at radius 1 is 0.722 bits per heavy atom. The fourth-order valence-corrected chi connectivity index (χ4v) is 3.59. The van der Waals surface area contributed by atoms with E-state index in [1.165, 1.54) is 0 Å². The number of amides is 2. The van der Waals surface area contributed by atoms with Crippen LogP contribution in [0.15, 0.2) is 0 Å². The molecule has 206 valence electrons. The maximum atomic E-state index is 11.6. The average Bonchev–Trinajstić information content (AvgIpc) is 2.61. The molecular formula is C22H38N4O10. The molecule has 0 saturated carbocycles. The zero-order chi connectivity index (χ0) is 27.7. The van der Waals surface area contributed by atoms with Crippen molar-refractivity contribution in [2.24, 2.45) is 11.5 Å². The number of carboxylic acid groups (broad SMARTS) is 2. The SMILES string of the molecule is CC(C)(C)OC(=O)N1CC2(C1)OCC2N.CC(C)(C)OC(=O)N1CC2(C1)OCC2N.O=C(O)C(=O)O. The monoisotopic (exact) mass is 518 g/mol. The van der Waals surface area contributed by atoms with Crippen molar-refractivity contribution >= 4 is 24.1 Å². The summed E-state index contributed by atoms with van der Waals surface area (Å²) in [5.74, 6) is -3.65. The first kappa shape index (κ1) is 29.5. The number of carboxylic acids is 2. The fourth-order valence-electron chi connectivity index (χ4n) is 3.59. The van der Waals surface area contributed by atoms with Crippen molar-refractivity contribution < 1.29 is 48.3 Å². The van der Waals surface area contributed by atoms with Gasteiger partial charge in [-0.1, -0.05) is 0 Å². The third-order valence-corrected chi connectivity index (χ3v) is 5.77. The number of carbonyl (C=O) groups excluding carboxylic acids is 2. The second-order valence-electron chi connectivity index (χ2n) is 11.2. The molecule has 2 atom stereocenters. The molecular weight excluding hydrogens is 480 g/mol. The van der Waals surface area contributed by atoms with E-state index in [1.54, 1.807) is 9.80 Å². The molecule has 6 N–H and O–H groups in total. The van der Waals surface area contributed by atoms with Gasteiger partial charge in [0, 0.05) is 0 Å². The molecule has 4 saturated heterocycles. The molecule has 0 aliphatic carbocycles. The number of nitrogens with two attached hydrogens (primary N) is 2. The van der Waals surface area contributed by atoms with Crippen molar-refractivity contribution in [2.45, 2.75) is 76.0 Å². The Kier molecular flexibility index (Phi) is 8.50. The van der Waals surface area contributed by atoms with Gasteiger partial charge in [0.1, 0.15) is 22.4 Å². The summed E-state index contributed by atoms with van der Waals surface area (Å²) in [6, 6.07) is 0.132. The van der Waals surface area contributed by atoms with Gasteiger partial charge in [-0.25, -0.2) is 19.2 Å². The third kappa shape index (κ3) is 7.18. The molecule has 2 unspecified atom stereocenters. The number of carbonyl (C=O) groups is 4. The molecule has 4 fully saturated rings. The van der Waals surface area contributed by atoms with Crippen molar-refractivity contribution in [3.05, 3.63) is 0 Å². The van der Waals surface area contributed by atoms with Gasteiger partial charge in [-0.2, -0.15) is 0 Å². The van der Waals surface area contributed by atoms with E-state index in [4.69, 9.17) is 50.2 Å². The average molecular weight is 519 g/mol. The Hall–Kier alpha value is -2.68. The molecule has 0 bridgehead atoms. The zero-order valence-electron chi connectivity index (χ0n) is 21.6. The lowest BCUT2D eigenvalue weighted by molar-refractivity contribution is -0.229. The minimum atomic E-state index is -1.82. The van der Waals surface area contributed by atoms with E-state index in [0.717, 1.165) is 0 Å². The summed E-state index contributed by atoms with van der Waals surface area (Å²) in [4.78, 5) is 44.6. The number of rotatable bonds is 0. The molecule has 14 nitrogen and oxygen atoms in total. The topological polar surface area (TPSA) is 204 Å². The lowest BCUT2D eigenvalue weighted by Crippen LogP contribution is -2.79. The second kappa shape index (κ2) is 10.4.